The maximum absolute atomic E-state index is 7.71. The molecule has 0 aliphatic heterocycles. The summed E-state index contributed by atoms with van der Waals surface area (Å²) in [6.45, 7) is 0. The van der Waals surface area contributed by atoms with Gasteiger partial charge in [-0.05, 0) is 24.3 Å². The molecule has 5 nitrogen and oxygen atoms in total. The van der Waals surface area contributed by atoms with E-state index in [1.54, 1.807) is 6.33 Å². The van der Waals surface area contributed by atoms with Crippen LogP contribution in [0.25, 0.3) is 10.9 Å². The summed E-state index contributed by atoms with van der Waals surface area (Å²) in [6.07, 6.45) is 1.55. The maximum atomic E-state index is 7.71. The van der Waals surface area contributed by atoms with Crippen LogP contribution in [0.5, 0.6) is 0 Å². The molecular weight excluding hydrogens is 262 g/mol. The number of hydrogen-bond donors (Lipinski definition) is 2. The summed E-state index contributed by atoms with van der Waals surface area (Å²) < 4.78 is 0. The van der Waals surface area contributed by atoms with Gasteiger partial charge in [-0.15, -0.1) is 0 Å². The highest BCUT2D eigenvalue weighted by Crippen LogP contribution is 2.29. The van der Waals surface area contributed by atoms with Gasteiger partial charge in [0, 0.05) is 18.0 Å². The molecule has 21 heavy (non-hydrogen) atoms. The van der Waals surface area contributed by atoms with Crippen LogP contribution >= 0.6 is 0 Å². The highest BCUT2D eigenvalue weighted by atomic mass is 15.2. The molecule has 3 rings (SSSR count). The van der Waals surface area contributed by atoms with Gasteiger partial charge < -0.3 is 10.6 Å². The molecule has 0 amide bonds. The van der Waals surface area contributed by atoms with Crippen molar-refractivity contribution >= 4 is 28.2 Å². The summed E-state index contributed by atoms with van der Waals surface area (Å²) >= 11 is 0. The van der Waals surface area contributed by atoms with E-state index in [2.05, 4.69) is 9.97 Å². The largest absolute Gasteiger partial charge is 0.384 e. The van der Waals surface area contributed by atoms with E-state index in [4.69, 9.17) is 11.1 Å². The zero-order valence-corrected chi connectivity index (χ0v) is 11.6. The second-order valence-electron chi connectivity index (χ2n) is 4.70. The third kappa shape index (κ3) is 2.29. The number of aromatic nitrogens is 2. The lowest BCUT2D eigenvalue weighted by atomic mass is 10.1. The molecule has 0 bridgehead atoms. The Balaban J connectivity index is 2.18. The molecule has 0 aliphatic carbocycles. The number of anilines is 2. The van der Waals surface area contributed by atoms with Crippen LogP contribution in [0.15, 0.2) is 54.9 Å². The molecule has 0 aliphatic rings. The minimum atomic E-state index is 0.0378. The fourth-order valence-electron chi connectivity index (χ4n) is 2.37. The Kier molecular flexibility index (Phi) is 3.23. The predicted molar refractivity (Wildman–Crippen MR) is 85.1 cm³/mol. The van der Waals surface area contributed by atoms with E-state index >= 15 is 0 Å². The second-order valence-corrected chi connectivity index (χ2v) is 4.70. The molecule has 0 saturated carbocycles. The van der Waals surface area contributed by atoms with Gasteiger partial charge in [0.2, 0.25) is 0 Å². The molecule has 5 heteroatoms. The first-order valence-electron chi connectivity index (χ1n) is 6.55. The molecule has 0 radical (unpaired) electrons. The van der Waals surface area contributed by atoms with Crippen molar-refractivity contribution in [1.29, 1.82) is 5.41 Å². The first-order chi connectivity index (χ1) is 10.2. The van der Waals surface area contributed by atoms with Crippen LogP contribution in [0, 0.1) is 5.41 Å². The summed E-state index contributed by atoms with van der Waals surface area (Å²) in [6, 6.07) is 15.4. The SMILES string of the molecule is CN(c1ccccc1C(=N)N)c1ncnc2ccccc12. The third-order valence-corrected chi connectivity index (χ3v) is 3.40. The Morgan fingerprint density at radius 1 is 1.05 bits per heavy atom. The zero-order valence-electron chi connectivity index (χ0n) is 11.6. The number of fused-ring (bicyclic) bond motifs is 1. The highest BCUT2D eigenvalue weighted by molar-refractivity contribution is 6.02. The molecule has 0 fully saturated rings. The minimum absolute atomic E-state index is 0.0378. The normalized spacial score (nSPS) is 10.5. The minimum Gasteiger partial charge on any atom is -0.384 e. The van der Waals surface area contributed by atoms with Gasteiger partial charge in [0.1, 0.15) is 18.0 Å². The fourth-order valence-corrected chi connectivity index (χ4v) is 2.37. The standard InChI is InChI=1S/C16H15N5/c1-21(14-9-5-3-7-12(14)15(17)18)16-11-6-2-4-8-13(11)19-10-20-16/h2-10H,1H3,(H3,17,18). The molecule has 3 N–H and O–H groups in total. The number of benzene rings is 2. The molecule has 0 spiro atoms. The van der Waals surface area contributed by atoms with Gasteiger partial charge in [-0.1, -0.05) is 24.3 Å². The molecule has 104 valence electrons. The average Bonchev–Trinajstić information content (AvgIpc) is 2.53. The van der Waals surface area contributed by atoms with E-state index in [1.807, 2.05) is 60.5 Å². The van der Waals surface area contributed by atoms with Crippen molar-refractivity contribution in [3.05, 3.63) is 60.4 Å². The van der Waals surface area contributed by atoms with E-state index in [0.29, 0.717) is 5.56 Å². The zero-order chi connectivity index (χ0) is 14.8. The van der Waals surface area contributed by atoms with Crippen LogP contribution < -0.4 is 10.6 Å². The van der Waals surface area contributed by atoms with Crippen molar-refractivity contribution in [3.8, 4) is 0 Å². The van der Waals surface area contributed by atoms with Crippen LogP contribution in [-0.2, 0) is 0 Å². The lowest BCUT2D eigenvalue weighted by Gasteiger charge is -2.22. The quantitative estimate of drug-likeness (QED) is 0.570. The first kappa shape index (κ1) is 13.1. The van der Waals surface area contributed by atoms with Crippen molar-refractivity contribution < 1.29 is 0 Å². The van der Waals surface area contributed by atoms with Gasteiger partial charge in [0.05, 0.1) is 11.2 Å². The summed E-state index contributed by atoms with van der Waals surface area (Å²) in [7, 11) is 1.91. The van der Waals surface area contributed by atoms with Crippen LogP contribution in [0.1, 0.15) is 5.56 Å². The maximum Gasteiger partial charge on any atom is 0.144 e. The topological polar surface area (TPSA) is 78.9 Å². The molecular formula is C16H15N5. The summed E-state index contributed by atoms with van der Waals surface area (Å²) in [5, 5.41) is 8.67. The molecule has 0 atom stereocenters. The Morgan fingerprint density at radius 3 is 2.57 bits per heavy atom. The third-order valence-electron chi connectivity index (χ3n) is 3.40. The number of nitrogen functional groups attached to an aromatic ring is 1. The number of nitrogens with zero attached hydrogens (tertiary/aromatic N) is 3. The molecule has 1 heterocycles. The average molecular weight is 277 g/mol. The van der Waals surface area contributed by atoms with E-state index in [-0.39, 0.29) is 5.84 Å². The number of rotatable bonds is 3. The number of amidine groups is 1. The lowest BCUT2D eigenvalue weighted by molar-refractivity contribution is 1.11. The molecule has 2 aromatic carbocycles. The van der Waals surface area contributed by atoms with E-state index in [1.165, 1.54) is 0 Å². The Bertz CT molecular complexity index is 807. The molecule has 0 unspecified atom stereocenters. The first-order valence-corrected chi connectivity index (χ1v) is 6.55. The number of nitrogens with two attached hydrogens (primary N) is 1. The van der Waals surface area contributed by atoms with Crippen molar-refractivity contribution in [2.75, 3.05) is 11.9 Å². The smallest absolute Gasteiger partial charge is 0.144 e. The highest BCUT2D eigenvalue weighted by Gasteiger charge is 2.14. The number of nitrogens with one attached hydrogen (secondary N) is 1. The van der Waals surface area contributed by atoms with Gasteiger partial charge in [0.25, 0.3) is 0 Å². The molecule has 3 aromatic rings. The summed E-state index contributed by atoms with van der Waals surface area (Å²) in [5.41, 5.74) is 8.08. The van der Waals surface area contributed by atoms with E-state index in [0.717, 1.165) is 22.4 Å². The van der Waals surface area contributed by atoms with Gasteiger partial charge >= 0.3 is 0 Å². The number of hydrogen-bond acceptors (Lipinski definition) is 4. The second kappa shape index (κ2) is 5.20. The van der Waals surface area contributed by atoms with Crippen molar-refractivity contribution in [2.24, 2.45) is 5.73 Å². The van der Waals surface area contributed by atoms with Gasteiger partial charge in [-0.25, -0.2) is 9.97 Å². The lowest BCUT2D eigenvalue weighted by Crippen LogP contribution is -2.19. The van der Waals surface area contributed by atoms with Crippen LogP contribution in [0.3, 0.4) is 0 Å². The van der Waals surface area contributed by atoms with Crippen molar-refractivity contribution in [2.45, 2.75) is 0 Å². The van der Waals surface area contributed by atoms with Gasteiger partial charge in [-0.2, -0.15) is 0 Å². The van der Waals surface area contributed by atoms with E-state index < -0.39 is 0 Å². The fraction of sp³-hybridized carbons (Fsp3) is 0.0625. The van der Waals surface area contributed by atoms with Crippen molar-refractivity contribution in [3.63, 3.8) is 0 Å². The molecule has 0 saturated heterocycles. The summed E-state index contributed by atoms with van der Waals surface area (Å²) in [4.78, 5) is 10.6. The van der Waals surface area contributed by atoms with E-state index in [9.17, 15) is 0 Å². The molecule has 1 aromatic heterocycles. The Labute approximate surface area is 122 Å². The number of para-hydroxylation sites is 2. The van der Waals surface area contributed by atoms with Crippen LogP contribution in [0.2, 0.25) is 0 Å². The Morgan fingerprint density at radius 2 is 1.76 bits per heavy atom. The predicted octanol–water partition coefficient (Wildman–Crippen LogP) is 2.68. The van der Waals surface area contributed by atoms with Gasteiger partial charge in [0.15, 0.2) is 0 Å². The van der Waals surface area contributed by atoms with Crippen LogP contribution in [0.4, 0.5) is 11.5 Å². The van der Waals surface area contributed by atoms with Crippen LogP contribution in [-0.4, -0.2) is 22.9 Å². The summed E-state index contributed by atoms with van der Waals surface area (Å²) in [5.74, 6) is 0.824. The monoisotopic (exact) mass is 277 g/mol. The van der Waals surface area contributed by atoms with Crippen molar-refractivity contribution in [1.82, 2.24) is 9.97 Å². The van der Waals surface area contributed by atoms with Gasteiger partial charge in [-0.3, -0.25) is 5.41 Å². The Hall–Kier alpha value is -2.95.